The van der Waals surface area contributed by atoms with Crippen LogP contribution in [0.3, 0.4) is 0 Å². The molecule has 1 unspecified atom stereocenters. The second-order valence-electron chi connectivity index (χ2n) is 4.12. The van der Waals surface area contributed by atoms with Gasteiger partial charge in [-0.3, -0.25) is 20.4 Å². The van der Waals surface area contributed by atoms with Gasteiger partial charge in [0.2, 0.25) is 5.91 Å². The zero-order chi connectivity index (χ0) is 15.1. The summed E-state index contributed by atoms with van der Waals surface area (Å²) in [6, 6.07) is 4.99. The first-order valence-electron chi connectivity index (χ1n) is 6.14. The standard InChI is InChI=1S/C13H16BrClN2O3/c1-3-4-12(18)16-17-13(19)8(2)20-11-6-5-9(15)7-10(11)14/h5-8H,3-4H2,1-2H3,(H,16,18)(H,17,19). The molecule has 1 aromatic carbocycles. The number of hydrogen-bond donors (Lipinski definition) is 2. The Hall–Kier alpha value is -1.27. The Labute approximate surface area is 131 Å². The van der Waals surface area contributed by atoms with Crippen LogP contribution in [0.1, 0.15) is 26.7 Å². The number of rotatable bonds is 5. The van der Waals surface area contributed by atoms with Crippen molar-refractivity contribution in [3.8, 4) is 5.75 Å². The number of halogens is 2. The van der Waals surface area contributed by atoms with Crippen molar-refractivity contribution < 1.29 is 14.3 Å². The molecule has 0 aliphatic heterocycles. The summed E-state index contributed by atoms with van der Waals surface area (Å²) in [5.74, 6) is -0.172. The van der Waals surface area contributed by atoms with Gasteiger partial charge in [0.05, 0.1) is 4.47 Å². The number of ether oxygens (including phenoxy) is 1. The van der Waals surface area contributed by atoms with E-state index in [1.807, 2.05) is 6.92 Å². The molecule has 0 bridgehead atoms. The van der Waals surface area contributed by atoms with Crippen LogP contribution >= 0.6 is 27.5 Å². The molecule has 0 aliphatic rings. The zero-order valence-corrected chi connectivity index (χ0v) is 13.5. The molecule has 7 heteroatoms. The Bertz CT molecular complexity index is 497. The molecule has 0 spiro atoms. The van der Waals surface area contributed by atoms with E-state index in [9.17, 15) is 9.59 Å². The van der Waals surface area contributed by atoms with E-state index in [1.165, 1.54) is 0 Å². The van der Waals surface area contributed by atoms with E-state index in [0.717, 1.165) is 0 Å². The van der Waals surface area contributed by atoms with Gasteiger partial charge in [-0.25, -0.2) is 0 Å². The van der Waals surface area contributed by atoms with E-state index in [1.54, 1.807) is 25.1 Å². The average Bonchev–Trinajstić information content (AvgIpc) is 2.39. The first-order valence-corrected chi connectivity index (χ1v) is 7.31. The number of carbonyl (C=O) groups excluding carboxylic acids is 2. The number of hydrogen-bond acceptors (Lipinski definition) is 3. The highest BCUT2D eigenvalue weighted by molar-refractivity contribution is 9.10. The van der Waals surface area contributed by atoms with Crippen molar-refractivity contribution in [1.82, 2.24) is 10.9 Å². The first-order chi connectivity index (χ1) is 9.43. The normalized spacial score (nSPS) is 11.6. The smallest absolute Gasteiger partial charge is 0.279 e. The summed E-state index contributed by atoms with van der Waals surface area (Å²) in [6.45, 7) is 3.47. The summed E-state index contributed by atoms with van der Waals surface area (Å²) in [7, 11) is 0. The van der Waals surface area contributed by atoms with Crippen LogP contribution in [0.4, 0.5) is 0 Å². The fourth-order valence-electron chi connectivity index (χ4n) is 1.34. The van der Waals surface area contributed by atoms with Gasteiger partial charge >= 0.3 is 0 Å². The monoisotopic (exact) mass is 362 g/mol. The van der Waals surface area contributed by atoms with Crippen molar-refractivity contribution >= 4 is 39.3 Å². The van der Waals surface area contributed by atoms with Crippen LogP contribution in [0.15, 0.2) is 22.7 Å². The van der Waals surface area contributed by atoms with Crippen molar-refractivity contribution in [3.63, 3.8) is 0 Å². The summed E-state index contributed by atoms with van der Waals surface area (Å²) < 4.78 is 6.14. The molecule has 0 saturated heterocycles. The van der Waals surface area contributed by atoms with Gasteiger partial charge in [0, 0.05) is 11.4 Å². The van der Waals surface area contributed by atoms with E-state index >= 15 is 0 Å². The molecular weight excluding hydrogens is 348 g/mol. The van der Waals surface area contributed by atoms with E-state index in [4.69, 9.17) is 16.3 Å². The summed E-state index contributed by atoms with van der Waals surface area (Å²) in [4.78, 5) is 23.0. The van der Waals surface area contributed by atoms with Crippen LogP contribution in [0.2, 0.25) is 5.02 Å². The number of hydrazine groups is 1. The molecule has 20 heavy (non-hydrogen) atoms. The summed E-state index contributed by atoms with van der Waals surface area (Å²) >= 11 is 9.11. The number of amides is 2. The number of carbonyl (C=O) groups is 2. The SMILES string of the molecule is CCCC(=O)NNC(=O)C(C)Oc1ccc(Cl)cc1Br. The highest BCUT2D eigenvalue weighted by Gasteiger charge is 2.16. The lowest BCUT2D eigenvalue weighted by Crippen LogP contribution is -2.47. The van der Waals surface area contributed by atoms with Crippen LogP contribution in [-0.2, 0) is 9.59 Å². The van der Waals surface area contributed by atoms with Crippen LogP contribution in [0.5, 0.6) is 5.75 Å². The number of nitrogens with one attached hydrogen (secondary N) is 2. The third-order valence-electron chi connectivity index (χ3n) is 2.37. The van der Waals surface area contributed by atoms with Gasteiger partial charge in [0.25, 0.3) is 5.91 Å². The largest absolute Gasteiger partial charge is 0.480 e. The summed E-state index contributed by atoms with van der Waals surface area (Å²) in [6.07, 6.45) is 0.318. The van der Waals surface area contributed by atoms with Crippen molar-refractivity contribution in [2.24, 2.45) is 0 Å². The van der Waals surface area contributed by atoms with Gasteiger partial charge in [-0.1, -0.05) is 18.5 Å². The fraction of sp³-hybridized carbons (Fsp3) is 0.385. The van der Waals surface area contributed by atoms with Gasteiger partial charge in [-0.05, 0) is 47.5 Å². The minimum Gasteiger partial charge on any atom is -0.480 e. The van der Waals surface area contributed by atoms with E-state index in [2.05, 4.69) is 26.8 Å². The molecular formula is C13H16BrClN2O3. The maximum atomic E-state index is 11.7. The molecule has 0 fully saturated rings. The van der Waals surface area contributed by atoms with Gasteiger partial charge in [0.15, 0.2) is 6.10 Å². The van der Waals surface area contributed by atoms with Crippen LogP contribution in [0.25, 0.3) is 0 Å². The summed E-state index contributed by atoms with van der Waals surface area (Å²) in [5, 5.41) is 0.563. The molecule has 5 nitrogen and oxygen atoms in total. The molecule has 1 atom stereocenters. The van der Waals surface area contributed by atoms with Crippen molar-refractivity contribution in [2.75, 3.05) is 0 Å². The van der Waals surface area contributed by atoms with Gasteiger partial charge in [-0.2, -0.15) is 0 Å². The Morgan fingerprint density at radius 2 is 2.10 bits per heavy atom. The van der Waals surface area contributed by atoms with Crippen molar-refractivity contribution in [1.29, 1.82) is 0 Å². The molecule has 2 N–H and O–H groups in total. The average molecular weight is 364 g/mol. The third kappa shape index (κ3) is 5.38. The highest BCUT2D eigenvalue weighted by atomic mass is 79.9. The van der Waals surface area contributed by atoms with E-state index < -0.39 is 12.0 Å². The minimum atomic E-state index is -0.755. The molecule has 1 rings (SSSR count). The van der Waals surface area contributed by atoms with Gasteiger partial charge in [-0.15, -0.1) is 0 Å². The predicted octanol–water partition coefficient (Wildman–Crippen LogP) is 2.82. The predicted molar refractivity (Wildman–Crippen MR) is 80.4 cm³/mol. The fourth-order valence-corrected chi connectivity index (χ4v) is 2.11. The Morgan fingerprint density at radius 1 is 1.40 bits per heavy atom. The number of benzene rings is 1. The van der Waals surface area contributed by atoms with Crippen LogP contribution < -0.4 is 15.6 Å². The van der Waals surface area contributed by atoms with E-state index in [-0.39, 0.29) is 5.91 Å². The molecule has 110 valence electrons. The molecule has 0 heterocycles. The Balaban J connectivity index is 2.51. The first kappa shape index (κ1) is 16.8. The van der Waals surface area contributed by atoms with Crippen LogP contribution in [0, 0.1) is 0 Å². The highest BCUT2D eigenvalue weighted by Crippen LogP contribution is 2.28. The molecule has 1 aromatic rings. The van der Waals surface area contributed by atoms with E-state index in [0.29, 0.717) is 28.1 Å². The Kier molecular flexibility index (Phi) is 6.81. The van der Waals surface area contributed by atoms with Crippen molar-refractivity contribution in [3.05, 3.63) is 27.7 Å². The minimum absolute atomic E-state index is 0.235. The van der Waals surface area contributed by atoms with Crippen molar-refractivity contribution in [2.45, 2.75) is 32.8 Å². The third-order valence-corrected chi connectivity index (χ3v) is 3.22. The molecule has 0 radical (unpaired) electrons. The molecule has 0 aliphatic carbocycles. The zero-order valence-electron chi connectivity index (χ0n) is 11.2. The molecule has 0 saturated carbocycles. The van der Waals surface area contributed by atoms with Gasteiger partial charge < -0.3 is 4.74 Å². The second-order valence-corrected chi connectivity index (χ2v) is 5.41. The molecule has 0 aromatic heterocycles. The maximum absolute atomic E-state index is 11.7. The summed E-state index contributed by atoms with van der Waals surface area (Å²) in [5.41, 5.74) is 4.64. The maximum Gasteiger partial charge on any atom is 0.279 e. The lowest BCUT2D eigenvalue weighted by Gasteiger charge is -2.16. The lowest BCUT2D eigenvalue weighted by atomic mass is 10.3. The topological polar surface area (TPSA) is 67.4 Å². The lowest BCUT2D eigenvalue weighted by molar-refractivity contribution is -0.132. The Morgan fingerprint density at radius 3 is 2.70 bits per heavy atom. The second kappa shape index (κ2) is 8.11. The molecule has 2 amide bonds. The van der Waals surface area contributed by atoms with Crippen LogP contribution in [-0.4, -0.2) is 17.9 Å². The quantitative estimate of drug-likeness (QED) is 0.791. The van der Waals surface area contributed by atoms with Gasteiger partial charge in [0.1, 0.15) is 5.75 Å².